The summed E-state index contributed by atoms with van der Waals surface area (Å²) in [6.45, 7) is 0.223. The first-order valence-electron chi connectivity index (χ1n) is 6.18. The molecule has 110 valence electrons. The van der Waals surface area contributed by atoms with Crippen molar-refractivity contribution < 1.29 is 22.7 Å². The minimum absolute atomic E-state index is 0.0755. The van der Waals surface area contributed by atoms with Gasteiger partial charge in [0.15, 0.2) is 11.6 Å². The van der Waals surface area contributed by atoms with E-state index in [9.17, 15) is 18.0 Å². The fraction of sp³-hybridized carbons (Fsp3) is 0.133. The lowest BCUT2D eigenvalue weighted by molar-refractivity contribution is 0.0946. The number of nitrogens with one attached hydrogen (secondary N) is 1. The number of hydrogen-bond acceptors (Lipinski definition) is 2. The van der Waals surface area contributed by atoms with Crippen molar-refractivity contribution in [3.8, 4) is 5.75 Å². The molecule has 0 saturated heterocycles. The molecular weight excluding hydrogens is 283 g/mol. The first-order chi connectivity index (χ1) is 10.1. The number of carbonyl (C=O) groups is 1. The third kappa shape index (κ3) is 4.24. The van der Waals surface area contributed by atoms with E-state index in [1.165, 1.54) is 24.3 Å². The highest BCUT2D eigenvalue weighted by molar-refractivity contribution is 5.94. The van der Waals surface area contributed by atoms with Crippen LogP contribution in [0.3, 0.4) is 0 Å². The van der Waals surface area contributed by atoms with Gasteiger partial charge in [0, 0.05) is 11.6 Å². The van der Waals surface area contributed by atoms with Gasteiger partial charge in [-0.15, -0.1) is 0 Å². The average Bonchev–Trinajstić information content (AvgIpc) is 2.47. The van der Waals surface area contributed by atoms with E-state index in [4.69, 9.17) is 4.74 Å². The Bertz CT molecular complexity index is 647. The Balaban J connectivity index is 1.79. The van der Waals surface area contributed by atoms with Gasteiger partial charge < -0.3 is 10.1 Å². The highest BCUT2D eigenvalue weighted by Crippen LogP contribution is 2.15. The molecule has 0 atom stereocenters. The van der Waals surface area contributed by atoms with Crippen LogP contribution in [0.2, 0.25) is 0 Å². The van der Waals surface area contributed by atoms with Gasteiger partial charge in [-0.1, -0.05) is 6.07 Å². The maximum absolute atomic E-state index is 12.9. The Morgan fingerprint density at radius 1 is 1.05 bits per heavy atom. The summed E-state index contributed by atoms with van der Waals surface area (Å²) in [4.78, 5) is 11.7. The molecule has 0 aliphatic carbocycles. The smallest absolute Gasteiger partial charge is 0.251 e. The Morgan fingerprint density at radius 2 is 1.86 bits per heavy atom. The first-order valence-corrected chi connectivity index (χ1v) is 6.18. The lowest BCUT2D eigenvalue weighted by Crippen LogP contribution is -2.28. The van der Waals surface area contributed by atoms with E-state index < -0.39 is 23.4 Å². The van der Waals surface area contributed by atoms with Crippen molar-refractivity contribution in [1.29, 1.82) is 0 Å². The molecule has 6 heteroatoms. The van der Waals surface area contributed by atoms with Crippen LogP contribution in [0.15, 0.2) is 42.5 Å². The first kappa shape index (κ1) is 14.9. The fourth-order valence-corrected chi connectivity index (χ4v) is 1.63. The van der Waals surface area contributed by atoms with Gasteiger partial charge in [-0.25, -0.2) is 13.2 Å². The Morgan fingerprint density at radius 3 is 2.57 bits per heavy atom. The van der Waals surface area contributed by atoms with E-state index in [1.54, 1.807) is 0 Å². The molecule has 0 aliphatic rings. The van der Waals surface area contributed by atoms with Gasteiger partial charge >= 0.3 is 0 Å². The average molecular weight is 295 g/mol. The normalized spacial score (nSPS) is 10.2. The van der Waals surface area contributed by atoms with Crippen LogP contribution in [0.1, 0.15) is 10.4 Å². The molecule has 2 rings (SSSR count). The Hall–Kier alpha value is -2.50. The van der Waals surface area contributed by atoms with Gasteiger partial charge in [-0.3, -0.25) is 4.79 Å². The maximum atomic E-state index is 12.9. The van der Waals surface area contributed by atoms with Crippen LogP contribution in [0.5, 0.6) is 5.75 Å². The molecule has 0 spiro atoms. The summed E-state index contributed by atoms with van der Waals surface area (Å²) >= 11 is 0. The number of ether oxygens (including phenoxy) is 1. The summed E-state index contributed by atoms with van der Waals surface area (Å²) in [5, 5.41) is 2.52. The van der Waals surface area contributed by atoms with Crippen molar-refractivity contribution in [2.24, 2.45) is 0 Å². The molecule has 0 radical (unpaired) electrons. The zero-order chi connectivity index (χ0) is 15.2. The van der Waals surface area contributed by atoms with E-state index >= 15 is 0 Å². The van der Waals surface area contributed by atoms with Gasteiger partial charge in [-0.05, 0) is 30.3 Å². The second-order valence-corrected chi connectivity index (χ2v) is 4.19. The molecule has 0 aromatic heterocycles. The molecular formula is C15H12F3NO2. The van der Waals surface area contributed by atoms with Crippen molar-refractivity contribution in [2.75, 3.05) is 13.2 Å². The Labute approximate surface area is 119 Å². The van der Waals surface area contributed by atoms with E-state index in [2.05, 4.69) is 5.32 Å². The number of halogens is 3. The van der Waals surface area contributed by atoms with Gasteiger partial charge in [0.2, 0.25) is 0 Å². The molecule has 0 aliphatic heterocycles. The van der Waals surface area contributed by atoms with Crippen LogP contribution in [-0.2, 0) is 0 Å². The SMILES string of the molecule is O=C(NCCOc1ccc(F)c(F)c1)c1cccc(F)c1. The second kappa shape index (κ2) is 6.78. The maximum Gasteiger partial charge on any atom is 0.251 e. The lowest BCUT2D eigenvalue weighted by Gasteiger charge is -2.08. The zero-order valence-electron chi connectivity index (χ0n) is 10.9. The fourth-order valence-electron chi connectivity index (χ4n) is 1.63. The molecule has 3 nitrogen and oxygen atoms in total. The minimum atomic E-state index is -1.00. The van der Waals surface area contributed by atoms with Crippen molar-refractivity contribution >= 4 is 5.91 Å². The van der Waals surface area contributed by atoms with Crippen LogP contribution in [0, 0.1) is 17.5 Å². The summed E-state index contributed by atoms with van der Waals surface area (Å²) < 4.78 is 43.7. The van der Waals surface area contributed by atoms with Crippen molar-refractivity contribution in [3.05, 3.63) is 65.5 Å². The molecule has 1 N–H and O–H groups in total. The minimum Gasteiger partial charge on any atom is -0.492 e. The van der Waals surface area contributed by atoms with Crippen molar-refractivity contribution in [3.63, 3.8) is 0 Å². The monoisotopic (exact) mass is 295 g/mol. The topological polar surface area (TPSA) is 38.3 Å². The van der Waals surface area contributed by atoms with Crippen LogP contribution >= 0.6 is 0 Å². The highest BCUT2D eigenvalue weighted by atomic mass is 19.2. The summed E-state index contributed by atoms with van der Waals surface area (Å²) in [5.41, 5.74) is 0.197. The molecule has 0 heterocycles. The van der Waals surface area contributed by atoms with Gasteiger partial charge in [0.05, 0.1) is 6.54 Å². The van der Waals surface area contributed by atoms with Gasteiger partial charge in [0.25, 0.3) is 5.91 Å². The molecule has 1 amide bonds. The van der Waals surface area contributed by atoms with Crippen molar-refractivity contribution in [2.45, 2.75) is 0 Å². The molecule has 0 unspecified atom stereocenters. The molecule has 2 aromatic carbocycles. The zero-order valence-corrected chi connectivity index (χ0v) is 10.9. The van der Waals surface area contributed by atoms with E-state index in [-0.39, 0.29) is 24.5 Å². The molecule has 21 heavy (non-hydrogen) atoms. The number of carbonyl (C=O) groups excluding carboxylic acids is 1. The summed E-state index contributed by atoms with van der Waals surface area (Å²) in [7, 11) is 0. The lowest BCUT2D eigenvalue weighted by atomic mass is 10.2. The van der Waals surface area contributed by atoms with E-state index in [1.807, 2.05) is 0 Å². The number of amides is 1. The largest absolute Gasteiger partial charge is 0.492 e. The molecule has 0 saturated carbocycles. The molecule has 2 aromatic rings. The summed E-state index contributed by atoms with van der Waals surface area (Å²) in [6.07, 6.45) is 0. The van der Waals surface area contributed by atoms with Crippen LogP contribution in [-0.4, -0.2) is 19.1 Å². The third-order valence-electron chi connectivity index (χ3n) is 2.63. The molecule has 0 bridgehead atoms. The standard InChI is InChI=1S/C15H12F3NO2/c16-11-3-1-2-10(8-11)15(20)19-6-7-21-12-4-5-13(17)14(18)9-12/h1-5,8-9H,6-7H2,(H,19,20). The summed E-state index contributed by atoms with van der Waals surface area (Å²) in [5.74, 6) is -2.74. The van der Waals surface area contributed by atoms with Crippen molar-refractivity contribution in [1.82, 2.24) is 5.32 Å². The quantitative estimate of drug-likeness (QED) is 0.861. The summed E-state index contributed by atoms with van der Waals surface area (Å²) in [6, 6.07) is 8.43. The second-order valence-electron chi connectivity index (χ2n) is 4.19. The van der Waals surface area contributed by atoms with E-state index in [0.29, 0.717) is 0 Å². The predicted molar refractivity (Wildman–Crippen MR) is 70.6 cm³/mol. The number of rotatable bonds is 5. The third-order valence-corrected chi connectivity index (χ3v) is 2.63. The van der Waals surface area contributed by atoms with Crippen LogP contribution in [0.4, 0.5) is 13.2 Å². The number of benzene rings is 2. The molecule has 0 fully saturated rings. The number of hydrogen-bond donors (Lipinski definition) is 1. The Kier molecular flexibility index (Phi) is 4.81. The van der Waals surface area contributed by atoms with E-state index in [0.717, 1.165) is 18.2 Å². The predicted octanol–water partition coefficient (Wildman–Crippen LogP) is 2.91. The van der Waals surface area contributed by atoms with Crippen LogP contribution < -0.4 is 10.1 Å². The van der Waals surface area contributed by atoms with Gasteiger partial charge in [0.1, 0.15) is 18.2 Å². The highest BCUT2D eigenvalue weighted by Gasteiger charge is 2.06. The van der Waals surface area contributed by atoms with Gasteiger partial charge in [-0.2, -0.15) is 0 Å². The van der Waals surface area contributed by atoms with Crippen LogP contribution in [0.25, 0.3) is 0 Å².